The first-order chi connectivity index (χ1) is 18.4. The van der Waals surface area contributed by atoms with Gasteiger partial charge >= 0.3 is 11.8 Å². The molecule has 0 saturated carbocycles. The molecule has 0 N–H and O–H groups in total. The maximum atomic E-state index is 10.9. The number of benzene rings is 3. The Bertz CT molecular complexity index is 1420. The van der Waals surface area contributed by atoms with E-state index in [0.717, 1.165) is 44.0 Å². The second kappa shape index (κ2) is 9.89. The zero-order valence-corrected chi connectivity index (χ0v) is 21.3. The molecule has 0 radical (unpaired) electrons. The maximum absolute atomic E-state index is 10.9. The molecule has 0 amide bonds. The molecular formula is C29H30N4O5. The van der Waals surface area contributed by atoms with Crippen molar-refractivity contribution >= 4 is 22.3 Å². The Labute approximate surface area is 220 Å². The summed E-state index contributed by atoms with van der Waals surface area (Å²) in [5.74, 6) is 2.03. The van der Waals surface area contributed by atoms with Crippen LogP contribution in [0.1, 0.15) is 19.8 Å². The van der Waals surface area contributed by atoms with Crippen LogP contribution < -0.4 is 19.1 Å². The molecule has 9 heteroatoms. The highest BCUT2D eigenvalue weighted by Gasteiger charge is 2.41. The second-order valence-electron chi connectivity index (χ2n) is 10.4. The minimum atomic E-state index is -0.632. The van der Waals surface area contributed by atoms with Crippen LogP contribution in [0.2, 0.25) is 0 Å². The van der Waals surface area contributed by atoms with Crippen LogP contribution in [0.5, 0.6) is 17.5 Å². The third-order valence-corrected chi connectivity index (χ3v) is 7.32. The number of nitrogens with zero attached hydrogens (tertiary/aromatic N) is 4. The Morgan fingerprint density at radius 1 is 1.03 bits per heavy atom. The number of imidazole rings is 1. The van der Waals surface area contributed by atoms with Crippen molar-refractivity contribution in [2.45, 2.75) is 31.9 Å². The molecule has 9 nitrogen and oxygen atoms in total. The van der Waals surface area contributed by atoms with Crippen molar-refractivity contribution in [1.82, 2.24) is 9.55 Å². The van der Waals surface area contributed by atoms with Gasteiger partial charge in [-0.25, -0.2) is 0 Å². The summed E-state index contributed by atoms with van der Waals surface area (Å²) in [7, 11) is 0. The fourth-order valence-corrected chi connectivity index (χ4v) is 5.17. The van der Waals surface area contributed by atoms with Gasteiger partial charge in [-0.05, 0) is 77.8 Å². The van der Waals surface area contributed by atoms with E-state index in [4.69, 9.17) is 14.2 Å². The van der Waals surface area contributed by atoms with Crippen LogP contribution in [0.3, 0.4) is 0 Å². The molecule has 0 unspecified atom stereocenters. The molecule has 2 aliphatic heterocycles. The van der Waals surface area contributed by atoms with Gasteiger partial charge in [0, 0.05) is 23.8 Å². The maximum Gasteiger partial charge on any atom is 0.415 e. The Morgan fingerprint density at radius 3 is 2.50 bits per heavy atom. The highest BCUT2D eigenvalue weighted by molar-refractivity contribution is 5.83. The van der Waals surface area contributed by atoms with Gasteiger partial charge in [0.1, 0.15) is 24.3 Å². The molecule has 6 rings (SSSR count). The zero-order chi connectivity index (χ0) is 26.1. The molecule has 3 heterocycles. The van der Waals surface area contributed by atoms with Gasteiger partial charge in [-0.3, -0.25) is 4.57 Å². The number of piperidine rings is 1. The molecule has 4 aromatic rings. The van der Waals surface area contributed by atoms with Crippen molar-refractivity contribution in [2.24, 2.45) is 5.92 Å². The first-order valence-electron chi connectivity index (χ1n) is 12.9. The van der Waals surface area contributed by atoms with Crippen LogP contribution in [0.25, 0.3) is 10.8 Å². The molecule has 3 aromatic carbocycles. The third kappa shape index (κ3) is 5.09. The first kappa shape index (κ1) is 24.1. The summed E-state index contributed by atoms with van der Waals surface area (Å²) in [6.07, 6.45) is 3.58. The number of aromatic nitrogens is 2. The van der Waals surface area contributed by atoms with E-state index in [-0.39, 0.29) is 11.8 Å². The van der Waals surface area contributed by atoms with Gasteiger partial charge < -0.3 is 29.2 Å². The minimum absolute atomic E-state index is 0.208. The largest absolute Gasteiger partial charge is 0.493 e. The van der Waals surface area contributed by atoms with Crippen molar-refractivity contribution in [3.05, 3.63) is 83.0 Å². The van der Waals surface area contributed by atoms with Crippen LogP contribution in [0.4, 0.5) is 11.5 Å². The van der Waals surface area contributed by atoms with E-state index < -0.39 is 10.5 Å². The molecule has 1 aromatic heterocycles. The number of fused-ring (bicyclic) bond motifs is 2. The molecule has 1 fully saturated rings. The molecule has 0 bridgehead atoms. The van der Waals surface area contributed by atoms with Gasteiger partial charge in [0.2, 0.25) is 0 Å². The van der Waals surface area contributed by atoms with Crippen molar-refractivity contribution in [3.8, 4) is 17.5 Å². The number of hydrogen-bond donors (Lipinski definition) is 0. The molecule has 1 saturated heterocycles. The lowest BCUT2D eigenvalue weighted by atomic mass is 9.97. The third-order valence-electron chi connectivity index (χ3n) is 7.32. The Balaban J connectivity index is 0.963. The molecule has 0 aliphatic carbocycles. The van der Waals surface area contributed by atoms with E-state index in [9.17, 15) is 10.1 Å². The van der Waals surface area contributed by atoms with Gasteiger partial charge in [-0.1, -0.05) is 30.3 Å². The molecular weight excluding hydrogens is 484 g/mol. The molecule has 196 valence electrons. The van der Waals surface area contributed by atoms with E-state index in [1.165, 1.54) is 22.7 Å². The minimum Gasteiger partial charge on any atom is -0.493 e. The standard InChI is InChI=1S/C29H30N4O5/c1-29(19-32-17-27(33(34)35)30-28(32)38-29)20-37-25-10-7-24(8-11-25)31-14-12-21(13-15-31)18-36-26-9-6-22-4-2-3-5-23(22)16-26/h2-11,16-17,21H,12-15,18-20H2,1H3/t29-/m1/s1. The quantitative estimate of drug-likeness (QED) is 0.227. The zero-order valence-electron chi connectivity index (χ0n) is 21.3. The highest BCUT2D eigenvalue weighted by atomic mass is 16.6. The number of ether oxygens (including phenoxy) is 3. The summed E-state index contributed by atoms with van der Waals surface area (Å²) in [6.45, 7) is 5.40. The predicted molar refractivity (Wildman–Crippen MR) is 144 cm³/mol. The fraction of sp³-hybridized carbons (Fsp3) is 0.345. The average Bonchev–Trinajstić information content (AvgIpc) is 3.47. The normalized spacial score (nSPS) is 19.2. The van der Waals surface area contributed by atoms with E-state index >= 15 is 0 Å². The number of anilines is 1. The molecule has 0 spiro atoms. The van der Waals surface area contributed by atoms with Gasteiger partial charge in [0.05, 0.1) is 13.2 Å². The Hall–Kier alpha value is -4.27. The lowest BCUT2D eigenvalue weighted by Gasteiger charge is -2.33. The number of nitro groups is 1. The summed E-state index contributed by atoms with van der Waals surface area (Å²) >= 11 is 0. The van der Waals surface area contributed by atoms with Crippen LogP contribution in [0, 0.1) is 16.0 Å². The van der Waals surface area contributed by atoms with Crippen molar-refractivity contribution in [3.63, 3.8) is 0 Å². The Morgan fingerprint density at radius 2 is 1.76 bits per heavy atom. The summed E-state index contributed by atoms with van der Waals surface area (Å²) in [4.78, 5) is 16.7. The van der Waals surface area contributed by atoms with E-state index in [0.29, 0.717) is 19.1 Å². The molecule has 38 heavy (non-hydrogen) atoms. The number of rotatable bonds is 8. The first-order valence-corrected chi connectivity index (χ1v) is 12.9. The summed E-state index contributed by atoms with van der Waals surface area (Å²) in [5, 5.41) is 13.3. The lowest BCUT2D eigenvalue weighted by Crippen LogP contribution is -2.38. The van der Waals surface area contributed by atoms with Gasteiger partial charge in [-0.15, -0.1) is 0 Å². The topological polar surface area (TPSA) is 91.9 Å². The van der Waals surface area contributed by atoms with Crippen LogP contribution in [0.15, 0.2) is 72.9 Å². The van der Waals surface area contributed by atoms with E-state index in [2.05, 4.69) is 64.5 Å². The van der Waals surface area contributed by atoms with Crippen molar-refractivity contribution in [1.29, 1.82) is 0 Å². The van der Waals surface area contributed by atoms with E-state index in [1.807, 2.05) is 19.1 Å². The Kier molecular flexibility index (Phi) is 6.27. The summed E-state index contributed by atoms with van der Waals surface area (Å²) in [5.41, 5.74) is 0.550. The van der Waals surface area contributed by atoms with Crippen molar-refractivity contribution in [2.75, 3.05) is 31.2 Å². The van der Waals surface area contributed by atoms with Crippen LogP contribution >= 0.6 is 0 Å². The fourth-order valence-electron chi connectivity index (χ4n) is 5.17. The SMILES string of the molecule is C[C@]1(COc2ccc(N3CCC(COc4ccc5ccccc5c4)CC3)cc2)Cn2cc([N+](=O)[O-])nc2O1. The van der Waals surface area contributed by atoms with Gasteiger partial charge in [0.25, 0.3) is 0 Å². The monoisotopic (exact) mass is 514 g/mol. The van der Waals surface area contributed by atoms with Gasteiger partial charge in [0.15, 0.2) is 5.60 Å². The predicted octanol–water partition coefficient (Wildman–Crippen LogP) is 5.47. The van der Waals surface area contributed by atoms with Crippen molar-refractivity contribution < 1.29 is 19.1 Å². The summed E-state index contributed by atoms with van der Waals surface area (Å²) < 4.78 is 19.6. The van der Waals surface area contributed by atoms with Crippen LogP contribution in [-0.2, 0) is 6.54 Å². The number of hydrogen-bond acceptors (Lipinski definition) is 7. The second-order valence-corrected chi connectivity index (χ2v) is 10.4. The molecule has 2 aliphatic rings. The van der Waals surface area contributed by atoms with E-state index in [1.54, 1.807) is 4.57 Å². The van der Waals surface area contributed by atoms with Crippen LogP contribution in [-0.4, -0.2) is 46.4 Å². The molecule has 1 atom stereocenters. The van der Waals surface area contributed by atoms with Gasteiger partial charge in [-0.2, -0.15) is 0 Å². The average molecular weight is 515 g/mol. The highest BCUT2D eigenvalue weighted by Crippen LogP contribution is 2.32. The smallest absolute Gasteiger partial charge is 0.415 e. The summed E-state index contributed by atoms with van der Waals surface area (Å²) in [6, 6.07) is 23.0. The lowest BCUT2D eigenvalue weighted by molar-refractivity contribution is -0.389.